The molecule has 124 valence electrons. The molecule has 0 atom stereocenters. The molecule has 2 aromatic rings. The van der Waals surface area contributed by atoms with E-state index in [-0.39, 0.29) is 17.3 Å². The molecule has 0 spiro atoms. The zero-order valence-corrected chi connectivity index (χ0v) is 15.4. The van der Waals surface area contributed by atoms with Crippen LogP contribution >= 0.6 is 23.1 Å². The highest BCUT2D eigenvalue weighted by molar-refractivity contribution is 8.01. The van der Waals surface area contributed by atoms with Gasteiger partial charge in [0, 0.05) is 18.2 Å². The summed E-state index contributed by atoms with van der Waals surface area (Å²) in [6.07, 6.45) is 6.99. The van der Waals surface area contributed by atoms with Crippen LogP contribution in [0.4, 0.5) is 5.69 Å². The number of thioether (sulfide) groups is 1. The van der Waals surface area contributed by atoms with E-state index in [0.29, 0.717) is 20.3 Å². The summed E-state index contributed by atoms with van der Waals surface area (Å²) in [7, 11) is -2.18. The Kier molecular flexibility index (Phi) is 4.34. The molecule has 8 heteroatoms. The Labute approximate surface area is 149 Å². The number of amides is 1. The van der Waals surface area contributed by atoms with E-state index in [9.17, 15) is 13.2 Å². The predicted molar refractivity (Wildman–Crippen MR) is 98.3 cm³/mol. The second-order valence-corrected chi connectivity index (χ2v) is 9.01. The fraction of sp³-hybridized carbons (Fsp3) is 0.188. The first-order valence-corrected chi connectivity index (χ1v) is 10.4. The summed E-state index contributed by atoms with van der Waals surface area (Å²) in [5, 5.41) is 2.62. The van der Waals surface area contributed by atoms with Crippen LogP contribution in [-0.4, -0.2) is 34.2 Å². The van der Waals surface area contributed by atoms with Gasteiger partial charge in [0.15, 0.2) is 0 Å². The monoisotopic (exact) mass is 378 g/mol. The van der Waals surface area contributed by atoms with Gasteiger partial charge in [-0.2, -0.15) is 0 Å². The number of benzene rings is 1. The van der Waals surface area contributed by atoms with E-state index < -0.39 is 10.0 Å². The fourth-order valence-corrected chi connectivity index (χ4v) is 6.78. The Morgan fingerprint density at radius 2 is 2.12 bits per heavy atom. The van der Waals surface area contributed by atoms with Gasteiger partial charge in [0.1, 0.15) is 9.77 Å². The van der Waals surface area contributed by atoms with Gasteiger partial charge in [-0.25, -0.2) is 8.42 Å². The Morgan fingerprint density at radius 1 is 1.42 bits per heavy atom. The standard InChI is InChI=1S/C16H14N2O3S3/c1-4-9-17-15(19)13-12-10-7-5-6-8-11(10)18(2)24(20,21)14(12)16(22-3)23-13/h1,5-8H,9H2,2-3H3,(H,17,19). The number of anilines is 1. The van der Waals surface area contributed by atoms with E-state index in [1.54, 1.807) is 18.4 Å². The van der Waals surface area contributed by atoms with Gasteiger partial charge in [0.05, 0.1) is 16.4 Å². The molecule has 1 amide bonds. The van der Waals surface area contributed by atoms with Gasteiger partial charge in [0.2, 0.25) is 0 Å². The van der Waals surface area contributed by atoms with Crippen LogP contribution in [0.3, 0.4) is 0 Å². The highest BCUT2D eigenvalue weighted by Crippen LogP contribution is 2.51. The lowest BCUT2D eigenvalue weighted by atomic mass is 10.0. The molecule has 0 saturated heterocycles. The number of thiophene rings is 1. The quantitative estimate of drug-likeness (QED) is 0.659. The van der Waals surface area contributed by atoms with Crippen LogP contribution in [-0.2, 0) is 10.0 Å². The number of fused-ring (bicyclic) bond motifs is 3. The molecule has 1 aromatic heterocycles. The van der Waals surface area contributed by atoms with Crippen LogP contribution in [0, 0.1) is 12.3 Å². The minimum atomic E-state index is -3.71. The first kappa shape index (κ1) is 16.9. The van der Waals surface area contributed by atoms with Crippen molar-refractivity contribution in [1.82, 2.24) is 5.32 Å². The normalized spacial score (nSPS) is 14.5. The molecule has 3 rings (SSSR count). The SMILES string of the molecule is C#CCNC(=O)c1sc(SC)c2c1-c1ccccc1N(C)S2(=O)=O. The maximum absolute atomic E-state index is 13.0. The molecule has 5 nitrogen and oxygen atoms in total. The van der Waals surface area contributed by atoms with E-state index in [1.807, 2.05) is 12.1 Å². The van der Waals surface area contributed by atoms with Crippen molar-refractivity contribution in [3.8, 4) is 23.5 Å². The van der Waals surface area contributed by atoms with Gasteiger partial charge in [-0.15, -0.1) is 29.5 Å². The lowest BCUT2D eigenvalue weighted by Crippen LogP contribution is -2.31. The number of nitrogens with one attached hydrogen (secondary N) is 1. The zero-order valence-electron chi connectivity index (χ0n) is 13.0. The van der Waals surface area contributed by atoms with Crippen molar-refractivity contribution in [3.05, 3.63) is 29.1 Å². The van der Waals surface area contributed by atoms with Crippen LogP contribution in [0.5, 0.6) is 0 Å². The van der Waals surface area contributed by atoms with Gasteiger partial charge >= 0.3 is 0 Å². The molecule has 0 fully saturated rings. The minimum Gasteiger partial charge on any atom is -0.340 e. The van der Waals surface area contributed by atoms with Crippen LogP contribution in [0.15, 0.2) is 33.4 Å². The lowest BCUT2D eigenvalue weighted by Gasteiger charge is -2.28. The van der Waals surface area contributed by atoms with E-state index >= 15 is 0 Å². The molecule has 0 unspecified atom stereocenters. The third kappa shape index (κ3) is 2.40. The maximum Gasteiger partial charge on any atom is 0.266 e. The Balaban J connectivity index is 2.34. The summed E-state index contributed by atoms with van der Waals surface area (Å²) in [5.74, 6) is 2.00. The van der Waals surface area contributed by atoms with Gasteiger partial charge in [0.25, 0.3) is 15.9 Å². The number of hydrogen-bond donors (Lipinski definition) is 1. The highest BCUT2D eigenvalue weighted by atomic mass is 32.2. The molecular formula is C16H14N2O3S3. The molecule has 24 heavy (non-hydrogen) atoms. The molecular weight excluding hydrogens is 364 g/mol. The first-order valence-electron chi connectivity index (χ1n) is 6.94. The summed E-state index contributed by atoms with van der Waals surface area (Å²) in [6.45, 7) is 0.0917. The molecule has 1 aliphatic rings. The fourth-order valence-electron chi connectivity index (χ4n) is 2.61. The molecule has 0 radical (unpaired) electrons. The molecule has 2 heterocycles. The Bertz CT molecular complexity index is 971. The van der Waals surface area contributed by atoms with Crippen LogP contribution in [0.2, 0.25) is 0 Å². The number of nitrogens with zero attached hydrogens (tertiary/aromatic N) is 1. The van der Waals surface area contributed by atoms with Crippen molar-refractivity contribution in [2.75, 3.05) is 24.2 Å². The average Bonchev–Trinajstić information content (AvgIpc) is 2.98. The molecule has 0 aliphatic carbocycles. The third-order valence-corrected chi connectivity index (χ3v) is 8.12. The second-order valence-electron chi connectivity index (χ2n) is 5.00. The third-order valence-electron chi connectivity index (χ3n) is 3.71. The van der Waals surface area contributed by atoms with Crippen molar-refractivity contribution >= 4 is 44.7 Å². The predicted octanol–water partition coefficient (Wildman–Crippen LogP) is 2.64. The molecule has 0 bridgehead atoms. The van der Waals surface area contributed by atoms with E-state index in [4.69, 9.17) is 6.42 Å². The minimum absolute atomic E-state index is 0.0917. The van der Waals surface area contributed by atoms with E-state index in [1.165, 1.54) is 34.5 Å². The summed E-state index contributed by atoms with van der Waals surface area (Å²) in [6, 6.07) is 7.16. The van der Waals surface area contributed by atoms with Gasteiger partial charge in [-0.05, 0) is 12.3 Å². The lowest BCUT2D eigenvalue weighted by molar-refractivity contribution is 0.0963. The maximum atomic E-state index is 13.0. The molecule has 1 aliphatic heterocycles. The highest BCUT2D eigenvalue weighted by Gasteiger charge is 2.39. The van der Waals surface area contributed by atoms with Gasteiger partial charge in [-0.1, -0.05) is 24.1 Å². The second kappa shape index (κ2) is 6.16. The van der Waals surface area contributed by atoms with E-state index in [2.05, 4.69) is 11.2 Å². The number of terminal acetylenes is 1. The van der Waals surface area contributed by atoms with E-state index in [0.717, 1.165) is 5.56 Å². The summed E-state index contributed by atoms with van der Waals surface area (Å²) in [4.78, 5) is 13.1. The largest absolute Gasteiger partial charge is 0.340 e. The topological polar surface area (TPSA) is 66.5 Å². The van der Waals surface area contributed by atoms with Crippen molar-refractivity contribution in [1.29, 1.82) is 0 Å². The summed E-state index contributed by atoms with van der Waals surface area (Å²) >= 11 is 2.50. The van der Waals surface area contributed by atoms with Crippen LogP contribution in [0.1, 0.15) is 9.67 Å². The van der Waals surface area contributed by atoms with Crippen molar-refractivity contribution in [3.63, 3.8) is 0 Å². The number of sulfonamides is 1. The summed E-state index contributed by atoms with van der Waals surface area (Å²) < 4.78 is 27.8. The molecule has 0 saturated carbocycles. The average molecular weight is 379 g/mol. The zero-order chi connectivity index (χ0) is 17.5. The Morgan fingerprint density at radius 3 is 2.79 bits per heavy atom. The van der Waals surface area contributed by atoms with Gasteiger partial charge < -0.3 is 5.32 Å². The van der Waals surface area contributed by atoms with Crippen molar-refractivity contribution in [2.24, 2.45) is 0 Å². The van der Waals surface area contributed by atoms with Crippen LogP contribution < -0.4 is 9.62 Å². The van der Waals surface area contributed by atoms with Crippen molar-refractivity contribution in [2.45, 2.75) is 9.10 Å². The first-order chi connectivity index (χ1) is 11.4. The van der Waals surface area contributed by atoms with Crippen molar-refractivity contribution < 1.29 is 13.2 Å². The number of carbonyl (C=O) groups is 1. The molecule has 1 N–H and O–H groups in total. The van der Waals surface area contributed by atoms with Crippen LogP contribution in [0.25, 0.3) is 11.1 Å². The number of rotatable bonds is 3. The number of hydrogen-bond acceptors (Lipinski definition) is 5. The number of carbonyl (C=O) groups excluding carboxylic acids is 1. The van der Waals surface area contributed by atoms with Gasteiger partial charge in [-0.3, -0.25) is 9.10 Å². The Hall–Kier alpha value is -1.95. The molecule has 1 aromatic carbocycles. The smallest absolute Gasteiger partial charge is 0.266 e. The number of para-hydroxylation sites is 1. The summed E-state index contributed by atoms with van der Waals surface area (Å²) in [5.41, 5.74) is 1.75.